The van der Waals surface area contributed by atoms with Crippen LogP contribution < -0.4 is 4.74 Å². The Hall–Kier alpha value is -2.37. The molecule has 1 aromatic heterocycles. The minimum atomic E-state index is 0.0676. The molecular formula is C14H18N4O2. The summed E-state index contributed by atoms with van der Waals surface area (Å²) in [5.41, 5.74) is 0. The summed E-state index contributed by atoms with van der Waals surface area (Å²) in [6, 6.07) is 9.59. The number of benzene rings is 1. The summed E-state index contributed by atoms with van der Waals surface area (Å²) in [6.07, 6.45) is 2.58. The lowest BCUT2D eigenvalue weighted by molar-refractivity contribution is -0.130. The van der Waals surface area contributed by atoms with Crippen LogP contribution in [0.15, 0.2) is 36.7 Å². The molecule has 6 nitrogen and oxygen atoms in total. The number of aromatic nitrogens is 3. The summed E-state index contributed by atoms with van der Waals surface area (Å²) in [6.45, 7) is 0.976. The van der Waals surface area contributed by atoms with E-state index in [0.717, 1.165) is 5.75 Å². The molecule has 0 aliphatic carbocycles. The van der Waals surface area contributed by atoms with E-state index in [1.807, 2.05) is 30.3 Å². The van der Waals surface area contributed by atoms with Crippen molar-refractivity contribution in [1.82, 2.24) is 20.1 Å². The van der Waals surface area contributed by atoms with Crippen LogP contribution in [0.1, 0.15) is 18.7 Å². The smallest absolute Gasteiger partial charge is 0.222 e. The number of hydrogen-bond acceptors (Lipinski definition) is 4. The summed E-state index contributed by atoms with van der Waals surface area (Å²) in [7, 11) is 1.75. The van der Waals surface area contributed by atoms with E-state index < -0.39 is 0 Å². The van der Waals surface area contributed by atoms with Crippen LogP contribution in [0.3, 0.4) is 0 Å². The predicted molar refractivity (Wildman–Crippen MR) is 74.0 cm³/mol. The third-order valence-electron chi connectivity index (χ3n) is 2.82. The van der Waals surface area contributed by atoms with Gasteiger partial charge in [-0.05, 0) is 18.6 Å². The van der Waals surface area contributed by atoms with Gasteiger partial charge in [0.15, 0.2) is 0 Å². The second kappa shape index (κ2) is 7.28. The first-order valence-electron chi connectivity index (χ1n) is 6.52. The van der Waals surface area contributed by atoms with Gasteiger partial charge in [0.2, 0.25) is 5.91 Å². The Morgan fingerprint density at radius 3 is 2.85 bits per heavy atom. The predicted octanol–water partition coefficient (Wildman–Crippen LogP) is 1.62. The van der Waals surface area contributed by atoms with Crippen LogP contribution in [0.2, 0.25) is 0 Å². The highest BCUT2D eigenvalue weighted by molar-refractivity contribution is 5.75. The normalized spacial score (nSPS) is 10.2. The molecule has 0 saturated heterocycles. The zero-order valence-electron chi connectivity index (χ0n) is 11.5. The maximum absolute atomic E-state index is 11.9. The molecule has 0 saturated carbocycles. The Bertz CT molecular complexity index is 513. The lowest BCUT2D eigenvalue weighted by atomic mass is 10.3. The fourth-order valence-corrected chi connectivity index (χ4v) is 1.74. The molecule has 0 spiro atoms. The summed E-state index contributed by atoms with van der Waals surface area (Å²) >= 11 is 0. The summed E-state index contributed by atoms with van der Waals surface area (Å²) in [5, 5.41) is 6.48. The number of H-pyrrole nitrogens is 1. The highest BCUT2D eigenvalue weighted by Gasteiger charge is 2.10. The van der Waals surface area contributed by atoms with Gasteiger partial charge >= 0.3 is 0 Å². The fourth-order valence-electron chi connectivity index (χ4n) is 1.74. The Kier molecular flexibility index (Phi) is 5.11. The number of carbonyl (C=O) groups excluding carboxylic acids is 1. The molecule has 0 aliphatic heterocycles. The first-order valence-corrected chi connectivity index (χ1v) is 6.52. The average molecular weight is 274 g/mol. The van der Waals surface area contributed by atoms with Gasteiger partial charge in [-0.25, -0.2) is 4.98 Å². The number of aromatic amines is 1. The van der Waals surface area contributed by atoms with Crippen LogP contribution in [0.5, 0.6) is 5.75 Å². The standard InChI is InChI=1S/C14H18N4O2/c1-18(10-13-15-11-16-17-13)14(19)8-5-9-20-12-6-3-2-4-7-12/h2-4,6-7,11H,5,8-10H2,1H3,(H,15,16,17). The van der Waals surface area contributed by atoms with E-state index in [1.165, 1.54) is 6.33 Å². The summed E-state index contributed by atoms with van der Waals surface area (Å²) in [4.78, 5) is 17.5. The highest BCUT2D eigenvalue weighted by atomic mass is 16.5. The van der Waals surface area contributed by atoms with Crippen molar-refractivity contribution in [3.05, 3.63) is 42.5 Å². The molecule has 1 heterocycles. The number of nitrogens with zero attached hydrogens (tertiary/aromatic N) is 3. The number of nitrogens with one attached hydrogen (secondary N) is 1. The number of amides is 1. The first-order chi connectivity index (χ1) is 9.75. The van der Waals surface area contributed by atoms with Crippen LogP contribution in [0.25, 0.3) is 0 Å². The zero-order valence-corrected chi connectivity index (χ0v) is 11.5. The Morgan fingerprint density at radius 2 is 2.15 bits per heavy atom. The van der Waals surface area contributed by atoms with E-state index in [2.05, 4.69) is 15.2 Å². The molecule has 20 heavy (non-hydrogen) atoms. The van der Waals surface area contributed by atoms with E-state index in [4.69, 9.17) is 4.74 Å². The van der Waals surface area contributed by atoms with Crippen molar-refractivity contribution in [2.45, 2.75) is 19.4 Å². The monoisotopic (exact) mass is 274 g/mol. The van der Waals surface area contributed by atoms with Crippen LogP contribution in [-0.4, -0.2) is 39.6 Å². The van der Waals surface area contributed by atoms with E-state index in [-0.39, 0.29) is 5.91 Å². The molecule has 2 aromatic rings. The average Bonchev–Trinajstić information content (AvgIpc) is 2.97. The molecule has 6 heteroatoms. The van der Waals surface area contributed by atoms with Crippen LogP contribution in [0, 0.1) is 0 Å². The van der Waals surface area contributed by atoms with Gasteiger partial charge in [0.05, 0.1) is 13.2 Å². The summed E-state index contributed by atoms with van der Waals surface area (Å²) < 4.78 is 5.54. The van der Waals surface area contributed by atoms with Gasteiger partial charge in [-0.15, -0.1) is 0 Å². The second-order valence-electron chi connectivity index (χ2n) is 4.45. The first kappa shape index (κ1) is 14.0. The lowest BCUT2D eigenvalue weighted by Crippen LogP contribution is -2.26. The molecule has 0 fully saturated rings. The molecule has 0 unspecified atom stereocenters. The quantitative estimate of drug-likeness (QED) is 0.779. The van der Waals surface area contributed by atoms with E-state index in [0.29, 0.717) is 31.8 Å². The van der Waals surface area contributed by atoms with E-state index in [1.54, 1.807) is 11.9 Å². The number of ether oxygens (including phenoxy) is 1. The minimum Gasteiger partial charge on any atom is -0.494 e. The second-order valence-corrected chi connectivity index (χ2v) is 4.45. The molecule has 0 atom stereocenters. The molecule has 2 rings (SSSR count). The van der Waals surface area contributed by atoms with Crippen molar-refractivity contribution in [2.24, 2.45) is 0 Å². The topological polar surface area (TPSA) is 71.1 Å². The Balaban J connectivity index is 1.65. The molecule has 0 bridgehead atoms. The third kappa shape index (κ3) is 4.38. The van der Waals surface area contributed by atoms with Gasteiger partial charge in [0, 0.05) is 13.5 Å². The lowest BCUT2D eigenvalue weighted by Gasteiger charge is -2.15. The maximum Gasteiger partial charge on any atom is 0.222 e. The van der Waals surface area contributed by atoms with E-state index >= 15 is 0 Å². The van der Waals surface area contributed by atoms with E-state index in [9.17, 15) is 4.79 Å². The van der Waals surface area contributed by atoms with Crippen molar-refractivity contribution in [3.63, 3.8) is 0 Å². The van der Waals surface area contributed by atoms with Crippen molar-refractivity contribution < 1.29 is 9.53 Å². The van der Waals surface area contributed by atoms with Gasteiger partial charge in [-0.2, -0.15) is 5.10 Å². The molecule has 0 aliphatic rings. The Morgan fingerprint density at radius 1 is 1.35 bits per heavy atom. The van der Waals surface area contributed by atoms with Crippen molar-refractivity contribution in [1.29, 1.82) is 0 Å². The molecule has 1 amide bonds. The number of rotatable bonds is 7. The van der Waals surface area contributed by atoms with Crippen LogP contribution >= 0.6 is 0 Å². The van der Waals surface area contributed by atoms with Crippen molar-refractivity contribution >= 4 is 5.91 Å². The van der Waals surface area contributed by atoms with Crippen molar-refractivity contribution in [3.8, 4) is 5.75 Å². The molecule has 106 valence electrons. The molecule has 1 aromatic carbocycles. The van der Waals surface area contributed by atoms with Gasteiger partial charge in [0.25, 0.3) is 0 Å². The fraction of sp³-hybridized carbons (Fsp3) is 0.357. The zero-order chi connectivity index (χ0) is 14.2. The number of carbonyl (C=O) groups is 1. The molecule has 0 radical (unpaired) electrons. The van der Waals surface area contributed by atoms with Crippen LogP contribution in [0.4, 0.5) is 0 Å². The van der Waals surface area contributed by atoms with Crippen LogP contribution in [-0.2, 0) is 11.3 Å². The molecular weight excluding hydrogens is 256 g/mol. The number of para-hydroxylation sites is 1. The van der Waals surface area contributed by atoms with Gasteiger partial charge in [-0.1, -0.05) is 18.2 Å². The summed E-state index contributed by atoms with van der Waals surface area (Å²) in [5.74, 6) is 1.58. The number of hydrogen-bond donors (Lipinski definition) is 1. The van der Waals surface area contributed by atoms with Gasteiger partial charge in [0.1, 0.15) is 17.9 Å². The van der Waals surface area contributed by atoms with Gasteiger partial charge in [-0.3, -0.25) is 9.89 Å². The minimum absolute atomic E-state index is 0.0676. The SMILES string of the molecule is CN(Cc1ncn[nH]1)C(=O)CCCOc1ccccc1. The van der Waals surface area contributed by atoms with Gasteiger partial charge < -0.3 is 9.64 Å². The third-order valence-corrected chi connectivity index (χ3v) is 2.82. The maximum atomic E-state index is 11.9. The largest absolute Gasteiger partial charge is 0.494 e. The molecule has 1 N–H and O–H groups in total. The van der Waals surface area contributed by atoms with Crippen molar-refractivity contribution in [2.75, 3.05) is 13.7 Å². The highest BCUT2D eigenvalue weighted by Crippen LogP contribution is 2.09. The Labute approximate surface area is 117 Å².